The Bertz CT molecular complexity index is 4780. The summed E-state index contributed by atoms with van der Waals surface area (Å²) in [5.41, 5.74) is 20.4. The maximum absolute atomic E-state index is 6.76. The van der Waals surface area contributed by atoms with Gasteiger partial charge in [0.1, 0.15) is 23.2 Å². The van der Waals surface area contributed by atoms with Gasteiger partial charge >= 0.3 is 0 Å². The van der Waals surface area contributed by atoms with E-state index in [1.54, 1.807) is 0 Å². The van der Waals surface area contributed by atoms with Crippen LogP contribution in [0, 0.1) is 0 Å². The van der Waals surface area contributed by atoms with Crippen LogP contribution in [0.4, 0.5) is 0 Å². The van der Waals surface area contributed by atoms with Gasteiger partial charge in [-0.3, -0.25) is 0 Å². The zero-order valence-electron chi connectivity index (χ0n) is 40.8. The van der Waals surface area contributed by atoms with Gasteiger partial charge in [-0.2, -0.15) is 0 Å². The van der Waals surface area contributed by atoms with E-state index in [-0.39, 0.29) is 0 Å². The van der Waals surface area contributed by atoms with Crippen molar-refractivity contribution in [3.63, 3.8) is 0 Å². The SMILES string of the molecule is c1ccc(C2=NC(c3ccc4c(c3)oc3ccc(-c5cccc6sc7ccc(-n8c9ccccc9c9ccccc98)cc7c56)cc34)=NC(c3cccc4c3-c3ccccc3C43c4ccccc4-c4ccccc43)N2)cc1. The summed E-state index contributed by atoms with van der Waals surface area (Å²) in [6, 6.07) is 88.3. The first kappa shape index (κ1) is 41.8. The number of para-hydroxylation sites is 2. The molecule has 6 heteroatoms. The van der Waals surface area contributed by atoms with Gasteiger partial charge in [0.2, 0.25) is 0 Å². The number of amidine groups is 2. The van der Waals surface area contributed by atoms with Crippen molar-refractivity contribution in [2.45, 2.75) is 11.6 Å². The second-order valence-corrected chi connectivity index (χ2v) is 21.4. The zero-order valence-corrected chi connectivity index (χ0v) is 41.6. The van der Waals surface area contributed by atoms with Crippen LogP contribution in [0.15, 0.2) is 257 Å². The third-order valence-electron chi connectivity index (χ3n) is 16.5. The molecule has 1 unspecified atom stereocenters. The lowest BCUT2D eigenvalue weighted by molar-refractivity contribution is 0.667. The molecule has 1 spiro atoms. The average molecular weight is 987 g/mol. The molecular weight excluding hydrogens is 945 g/mol. The van der Waals surface area contributed by atoms with E-state index in [2.05, 4.69) is 246 Å². The lowest BCUT2D eigenvalue weighted by Crippen LogP contribution is -2.34. The van der Waals surface area contributed by atoms with Gasteiger partial charge in [0, 0.05) is 64.1 Å². The number of rotatable bonds is 5. The largest absolute Gasteiger partial charge is 0.456 e. The van der Waals surface area contributed by atoms with E-state index in [0.717, 1.165) is 55.7 Å². The minimum Gasteiger partial charge on any atom is -0.456 e. The normalized spacial score (nSPS) is 15.1. The molecule has 17 rings (SSSR count). The van der Waals surface area contributed by atoms with Crippen LogP contribution in [0.5, 0.6) is 0 Å². The number of nitrogens with zero attached hydrogens (tertiary/aromatic N) is 3. The van der Waals surface area contributed by atoms with Crippen molar-refractivity contribution in [2.75, 3.05) is 0 Å². The summed E-state index contributed by atoms with van der Waals surface area (Å²) < 4.78 is 11.7. The van der Waals surface area contributed by atoms with Gasteiger partial charge in [0.25, 0.3) is 0 Å². The fraction of sp³-hybridized carbons (Fsp3) is 0.0286. The molecule has 0 amide bonds. The Balaban J connectivity index is 0.791. The molecule has 0 bridgehead atoms. The van der Waals surface area contributed by atoms with Crippen LogP contribution < -0.4 is 5.32 Å². The fourth-order valence-electron chi connectivity index (χ4n) is 13.4. The molecule has 3 aromatic heterocycles. The zero-order chi connectivity index (χ0) is 49.6. The molecule has 5 nitrogen and oxygen atoms in total. The quantitative estimate of drug-likeness (QED) is 0.187. The molecule has 76 heavy (non-hydrogen) atoms. The van der Waals surface area contributed by atoms with Crippen LogP contribution in [-0.4, -0.2) is 16.2 Å². The maximum Gasteiger partial charge on any atom is 0.159 e. The summed E-state index contributed by atoms with van der Waals surface area (Å²) in [7, 11) is 0. The summed E-state index contributed by atoms with van der Waals surface area (Å²) in [6.45, 7) is 0. The highest BCUT2D eigenvalue weighted by molar-refractivity contribution is 7.26. The van der Waals surface area contributed by atoms with Crippen molar-refractivity contribution in [2.24, 2.45) is 9.98 Å². The van der Waals surface area contributed by atoms with Gasteiger partial charge < -0.3 is 14.3 Å². The van der Waals surface area contributed by atoms with E-state index in [1.165, 1.54) is 92.0 Å². The predicted molar refractivity (Wildman–Crippen MR) is 315 cm³/mol. The first-order chi connectivity index (χ1) is 37.7. The second-order valence-electron chi connectivity index (χ2n) is 20.3. The van der Waals surface area contributed by atoms with Crippen LogP contribution in [0.25, 0.3) is 103 Å². The lowest BCUT2D eigenvalue weighted by atomic mass is 9.70. The van der Waals surface area contributed by atoms with Crippen LogP contribution in [0.1, 0.15) is 45.1 Å². The molecule has 3 aliphatic rings. The van der Waals surface area contributed by atoms with Crippen LogP contribution in [0.2, 0.25) is 0 Å². The summed E-state index contributed by atoms with van der Waals surface area (Å²) in [5, 5.41) is 11.0. The molecule has 1 atom stereocenters. The second kappa shape index (κ2) is 15.7. The number of hydrogen-bond acceptors (Lipinski definition) is 5. The first-order valence-electron chi connectivity index (χ1n) is 26.0. The van der Waals surface area contributed by atoms with E-state index in [9.17, 15) is 0 Å². The first-order valence-corrected chi connectivity index (χ1v) is 26.8. The van der Waals surface area contributed by atoms with Crippen LogP contribution >= 0.6 is 11.3 Å². The Kier molecular flexibility index (Phi) is 8.64. The number of nitrogens with one attached hydrogen (secondary N) is 1. The van der Waals surface area contributed by atoms with Crippen LogP contribution in [-0.2, 0) is 5.41 Å². The van der Waals surface area contributed by atoms with Crippen molar-refractivity contribution < 1.29 is 4.42 Å². The smallest absolute Gasteiger partial charge is 0.159 e. The third-order valence-corrected chi connectivity index (χ3v) is 17.6. The van der Waals surface area contributed by atoms with Crippen molar-refractivity contribution in [3.05, 3.63) is 282 Å². The minimum atomic E-state index is -0.458. The highest BCUT2D eigenvalue weighted by Gasteiger charge is 2.52. The lowest BCUT2D eigenvalue weighted by Gasteiger charge is -2.31. The molecular formula is C70H42N4OS. The van der Waals surface area contributed by atoms with Crippen molar-refractivity contribution in [1.82, 2.24) is 9.88 Å². The average Bonchev–Trinajstić information content (AvgIpc) is 4.47. The van der Waals surface area contributed by atoms with Gasteiger partial charge in [-0.05, 0) is 116 Å². The van der Waals surface area contributed by atoms with E-state index < -0.39 is 11.6 Å². The summed E-state index contributed by atoms with van der Waals surface area (Å²) in [5.74, 6) is 1.43. The van der Waals surface area contributed by atoms with E-state index in [4.69, 9.17) is 14.4 Å². The predicted octanol–water partition coefficient (Wildman–Crippen LogP) is 17.6. The number of furan rings is 1. The fourth-order valence-corrected chi connectivity index (χ4v) is 14.5. The number of benzene rings is 11. The summed E-state index contributed by atoms with van der Waals surface area (Å²) >= 11 is 1.85. The molecule has 2 aliphatic carbocycles. The molecule has 354 valence electrons. The molecule has 1 aliphatic heterocycles. The highest BCUT2D eigenvalue weighted by atomic mass is 32.1. The minimum absolute atomic E-state index is 0.435. The van der Waals surface area contributed by atoms with Gasteiger partial charge in [-0.1, -0.05) is 182 Å². The number of thiophene rings is 1. The Morgan fingerprint density at radius 3 is 1.86 bits per heavy atom. The molecule has 1 N–H and O–H groups in total. The van der Waals surface area contributed by atoms with E-state index in [1.807, 2.05) is 17.4 Å². The molecule has 11 aromatic carbocycles. The molecule has 0 radical (unpaired) electrons. The van der Waals surface area contributed by atoms with Crippen LogP contribution in [0.3, 0.4) is 0 Å². The number of aliphatic imine (C=N–C) groups is 2. The molecule has 14 aromatic rings. The van der Waals surface area contributed by atoms with Gasteiger partial charge in [-0.25, -0.2) is 9.98 Å². The molecule has 4 heterocycles. The van der Waals surface area contributed by atoms with Crippen molar-refractivity contribution in [3.8, 4) is 39.1 Å². The molecule has 0 saturated carbocycles. The summed E-state index contributed by atoms with van der Waals surface area (Å²) in [6.07, 6.45) is -0.435. The van der Waals surface area contributed by atoms with Gasteiger partial charge in [0.15, 0.2) is 5.84 Å². The van der Waals surface area contributed by atoms with Crippen molar-refractivity contribution in [1.29, 1.82) is 0 Å². The highest BCUT2D eigenvalue weighted by Crippen LogP contribution is 2.63. The topological polar surface area (TPSA) is 54.8 Å². The molecule has 0 saturated heterocycles. The third kappa shape index (κ3) is 5.73. The van der Waals surface area contributed by atoms with Gasteiger partial charge in [0.05, 0.1) is 16.4 Å². The van der Waals surface area contributed by atoms with E-state index in [0.29, 0.717) is 5.84 Å². The van der Waals surface area contributed by atoms with Gasteiger partial charge in [-0.15, -0.1) is 11.3 Å². The Morgan fingerprint density at radius 1 is 0.434 bits per heavy atom. The maximum atomic E-state index is 6.76. The molecule has 0 fully saturated rings. The number of fused-ring (bicyclic) bond motifs is 19. The number of aromatic nitrogens is 1. The summed E-state index contributed by atoms with van der Waals surface area (Å²) in [4.78, 5) is 10.8. The monoisotopic (exact) mass is 986 g/mol. The Morgan fingerprint density at radius 2 is 1.08 bits per heavy atom. The Labute approximate surface area is 441 Å². The van der Waals surface area contributed by atoms with Crippen molar-refractivity contribution >= 4 is 86.9 Å². The number of hydrogen-bond donors (Lipinski definition) is 1. The van der Waals surface area contributed by atoms with E-state index >= 15 is 0 Å². The Hall–Kier alpha value is -9.62. The standard InChI is InChI=1S/C70H42N4OS/c1-2-16-41(17-3-1)67-71-68(73-69(72-67)52-24-14-28-58-65(52)51-22-6-11-27-57(51)70(58)55-25-9-4-18-46(55)47-19-5-10-26-56(47)70)43-32-35-50-53-38-42(33-36-61(53)75-62(50)39-43)45-23-15-31-64-66(45)54-40-44(34-37-63(54)76-64)74-59-29-12-7-20-48(59)49-21-8-13-30-60(49)74/h1-40,69H,(H,71,72,73).